The van der Waals surface area contributed by atoms with E-state index in [9.17, 15) is 0 Å². The second kappa shape index (κ2) is 7.66. The van der Waals surface area contributed by atoms with E-state index in [1.807, 2.05) is 41.9 Å². The second-order valence-corrected chi connectivity index (χ2v) is 6.63. The van der Waals surface area contributed by atoms with E-state index in [2.05, 4.69) is 32.5 Å². The van der Waals surface area contributed by atoms with Crippen molar-refractivity contribution in [2.75, 3.05) is 0 Å². The van der Waals surface area contributed by atoms with Gasteiger partial charge >= 0.3 is 0 Å². The molecule has 2 aromatic heterocycles. The third kappa shape index (κ3) is 4.08. The summed E-state index contributed by atoms with van der Waals surface area (Å²) in [4.78, 5) is 8.75. The Morgan fingerprint density at radius 2 is 2.19 bits per heavy atom. The van der Waals surface area contributed by atoms with E-state index < -0.39 is 0 Å². The molecule has 0 fully saturated rings. The highest BCUT2D eigenvalue weighted by molar-refractivity contribution is 5.28. The summed E-state index contributed by atoms with van der Waals surface area (Å²) in [5, 5.41) is 8.10. The van der Waals surface area contributed by atoms with Gasteiger partial charge in [0.2, 0.25) is 0 Å². The van der Waals surface area contributed by atoms with Gasteiger partial charge in [0.15, 0.2) is 0 Å². The minimum Gasteiger partial charge on any atom is -0.487 e. The number of ether oxygens (including phenoxy) is 1. The first kappa shape index (κ1) is 16.7. The summed E-state index contributed by atoms with van der Waals surface area (Å²) in [7, 11) is 0. The summed E-state index contributed by atoms with van der Waals surface area (Å²) in [5.41, 5.74) is 2.14. The summed E-state index contributed by atoms with van der Waals surface area (Å²) < 4.78 is 7.89. The van der Waals surface area contributed by atoms with Crippen LogP contribution < -0.4 is 10.1 Å². The van der Waals surface area contributed by atoms with Crippen molar-refractivity contribution in [1.29, 1.82) is 0 Å². The Labute approximate surface area is 153 Å². The van der Waals surface area contributed by atoms with Gasteiger partial charge in [-0.15, -0.1) is 0 Å². The van der Waals surface area contributed by atoms with Crippen molar-refractivity contribution in [2.45, 2.75) is 45.5 Å². The zero-order valence-corrected chi connectivity index (χ0v) is 14.9. The molecule has 1 aliphatic rings. The highest BCUT2D eigenvalue weighted by atomic mass is 16.5. The Morgan fingerprint density at radius 1 is 1.23 bits per heavy atom. The van der Waals surface area contributed by atoms with Gasteiger partial charge in [-0.05, 0) is 43.2 Å². The molecule has 134 valence electrons. The predicted octanol–water partition coefficient (Wildman–Crippen LogP) is 2.67. The molecular weight excluding hydrogens is 326 g/mol. The molecule has 26 heavy (non-hydrogen) atoms. The molecule has 0 aliphatic carbocycles. The van der Waals surface area contributed by atoms with Crippen LogP contribution in [0, 0.1) is 6.92 Å². The maximum Gasteiger partial charge on any atom is 0.147 e. The van der Waals surface area contributed by atoms with Crippen LogP contribution in [-0.4, -0.2) is 25.8 Å². The first-order valence-corrected chi connectivity index (χ1v) is 9.01. The Morgan fingerprint density at radius 3 is 3.08 bits per heavy atom. The third-order valence-electron chi connectivity index (χ3n) is 4.57. The molecule has 1 N–H and O–H groups in total. The van der Waals surface area contributed by atoms with Gasteiger partial charge in [0.25, 0.3) is 0 Å². The van der Waals surface area contributed by atoms with Crippen molar-refractivity contribution in [3.05, 3.63) is 71.6 Å². The zero-order chi connectivity index (χ0) is 17.8. The molecule has 0 saturated carbocycles. The molecule has 1 aromatic carbocycles. The van der Waals surface area contributed by atoms with Crippen molar-refractivity contribution >= 4 is 0 Å². The highest BCUT2D eigenvalue weighted by Gasteiger charge is 2.20. The molecule has 3 heterocycles. The molecule has 4 rings (SSSR count). The van der Waals surface area contributed by atoms with E-state index in [4.69, 9.17) is 4.74 Å². The van der Waals surface area contributed by atoms with Crippen LogP contribution in [0.15, 0.2) is 48.7 Å². The summed E-state index contributed by atoms with van der Waals surface area (Å²) >= 11 is 0. The van der Waals surface area contributed by atoms with Crippen molar-refractivity contribution in [3.8, 4) is 5.75 Å². The van der Waals surface area contributed by atoms with E-state index in [1.165, 1.54) is 5.56 Å². The Kier molecular flexibility index (Phi) is 4.93. The third-order valence-corrected chi connectivity index (χ3v) is 4.57. The number of pyridine rings is 1. The van der Waals surface area contributed by atoms with E-state index in [0.717, 1.165) is 49.0 Å². The number of nitrogens with one attached hydrogen (secondary N) is 1. The summed E-state index contributed by atoms with van der Waals surface area (Å²) in [6, 6.07) is 14.5. The molecule has 3 aromatic rings. The average molecular weight is 349 g/mol. The number of rotatable bonds is 6. The molecular formula is C20H23N5O. The Hall–Kier alpha value is -2.73. The molecule has 0 saturated heterocycles. The lowest BCUT2D eigenvalue weighted by Crippen LogP contribution is -2.37. The van der Waals surface area contributed by atoms with Gasteiger partial charge in [0.05, 0.1) is 12.2 Å². The van der Waals surface area contributed by atoms with Crippen molar-refractivity contribution in [3.63, 3.8) is 0 Å². The summed E-state index contributed by atoms with van der Waals surface area (Å²) in [6.07, 6.45) is 3.85. The smallest absolute Gasteiger partial charge is 0.147 e. The van der Waals surface area contributed by atoms with Gasteiger partial charge in [0, 0.05) is 25.2 Å². The quantitative estimate of drug-likeness (QED) is 0.741. The molecule has 0 radical (unpaired) electrons. The highest BCUT2D eigenvalue weighted by Crippen LogP contribution is 2.17. The van der Waals surface area contributed by atoms with Gasteiger partial charge in [-0.25, -0.2) is 9.67 Å². The summed E-state index contributed by atoms with van der Waals surface area (Å²) in [6.45, 7) is 4.12. The lowest BCUT2D eigenvalue weighted by Gasteiger charge is -2.23. The monoisotopic (exact) mass is 349 g/mol. The zero-order valence-electron chi connectivity index (χ0n) is 14.9. The van der Waals surface area contributed by atoms with E-state index in [-0.39, 0.29) is 0 Å². The fourth-order valence-electron chi connectivity index (χ4n) is 3.25. The number of benzene rings is 1. The number of aryl methyl sites for hydroxylation is 2. The van der Waals surface area contributed by atoms with E-state index in [0.29, 0.717) is 12.6 Å². The Balaban J connectivity index is 1.31. The minimum absolute atomic E-state index is 0.418. The fraction of sp³-hybridized carbons (Fsp3) is 0.350. The van der Waals surface area contributed by atoms with Gasteiger partial charge in [-0.2, -0.15) is 5.10 Å². The van der Waals surface area contributed by atoms with Crippen LogP contribution >= 0.6 is 0 Å². The topological polar surface area (TPSA) is 64.9 Å². The van der Waals surface area contributed by atoms with E-state index >= 15 is 0 Å². The van der Waals surface area contributed by atoms with Crippen LogP contribution in [0.2, 0.25) is 0 Å². The first-order chi connectivity index (χ1) is 12.8. The van der Waals surface area contributed by atoms with Gasteiger partial charge in [-0.3, -0.25) is 4.98 Å². The lowest BCUT2D eigenvalue weighted by molar-refractivity contribution is 0.300. The van der Waals surface area contributed by atoms with Crippen LogP contribution in [0.25, 0.3) is 0 Å². The van der Waals surface area contributed by atoms with Crippen LogP contribution in [0.5, 0.6) is 5.75 Å². The second-order valence-electron chi connectivity index (χ2n) is 6.63. The molecule has 0 spiro atoms. The van der Waals surface area contributed by atoms with Crippen LogP contribution in [0.4, 0.5) is 0 Å². The minimum atomic E-state index is 0.418. The van der Waals surface area contributed by atoms with Crippen molar-refractivity contribution < 1.29 is 4.74 Å². The maximum absolute atomic E-state index is 5.86. The molecule has 6 nitrogen and oxygen atoms in total. The number of aromatic nitrogens is 4. The first-order valence-electron chi connectivity index (χ1n) is 9.01. The fourth-order valence-corrected chi connectivity index (χ4v) is 3.25. The van der Waals surface area contributed by atoms with E-state index in [1.54, 1.807) is 6.20 Å². The standard InChI is InChI=1S/C20H23N5O/c1-15-23-20-9-8-17(13-25(20)24-15)22-12-16-5-4-7-19(11-16)26-14-18-6-2-3-10-21-18/h2-7,10-11,17,22H,8-9,12-14H2,1H3/t17-/m1/s1. The SMILES string of the molecule is Cc1nc2n(n1)C[C@H](NCc1cccc(OCc3ccccn3)c1)CC2. The normalized spacial score (nSPS) is 16.3. The molecule has 0 bridgehead atoms. The largest absolute Gasteiger partial charge is 0.487 e. The van der Waals surface area contributed by atoms with Crippen molar-refractivity contribution in [1.82, 2.24) is 25.1 Å². The van der Waals surface area contributed by atoms with Crippen molar-refractivity contribution in [2.24, 2.45) is 0 Å². The lowest BCUT2D eigenvalue weighted by atomic mass is 10.1. The molecule has 0 amide bonds. The van der Waals surface area contributed by atoms with Crippen LogP contribution in [-0.2, 0) is 26.1 Å². The van der Waals surface area contributed by atoms with Gasteiger partial charge in [-0.1, -0.05) is 18.2 Å². The maximum atomic E-state index is 5.86. The number of hydrogen-bond acceptors (Lipinski definition) is 5. The number of fused-ring (bicyclic) bond motifs is 1. The number of hydrogen-bond donors (Lipinski definition) is 1. The van der Waals surface area contributed by atoms with Gasteiger partial charge in [0.1, 0.15) is 24.0 Å². The molecule has 1 aliphatic heterocycles. The molecule has 6 heteroatoms. The van der Waals surface area contributed by atoms with Crippen LogP contribution in [0.3, 0.4) is 0 Å². The van der Waals surface area contributed by atoms with Gasteiger partial charge < -0.3 is 10.1 Å². The average Bonchev–Trinajstić information content (AvgIpc) is 3.05. The van der Waals surface area contributed by atoms with Crippen LogP contribution in [0.1, 0.15) is 29.3 Å². The number of nitrogens with zero attached hydrogens (tertiary/aromatic N) is 4. The predicted molar refractivity (Wildman–Crippen MR) is 98.7 cm³/mol. The molecule has 1 atom stereocenters. The summed E-state index contributed by atoms with van der Waals surface area (Å²) in [5.74, 6) is 2.83. The molecule has 0 unspecified atom stereocenters. The Bertz CT molecular complexity index is 862.